The first-order chi connectivity index (χ1) is 8.49. The number of pyridine rings is 1. The number of piperazine rings is 1. The molecule has 2 rings (SSSR count). The summed E-state index contributed by atoms with van der Waals surface area (Å²) >= 11 is 0. The molecule has 0 radical (unpaired) electrons. The van der Waals surface area contributed by atoms with Crippen LogP contribution in [0.1, 0.15) is 24.2 Å². The first kappa shape index (κ1) is 12.2. The second-order valence-electron chi connectivity index (χ2n) is 4.18. The highest BCUT2D eigenvalue weighted by atomic mass is 16.2. The van der Waals surface area contributed by atoms with Gasteiger partial charge in [-0.15, -0.1) is 0 Å². The Hall–Kier alpha value is -2.24. The Morgan fingerprint density at radius 2 is 2.22 bits per heavy atom. The highest BCUT2D eigenvalue weighted by Crippen LogP contribution is 2.17. The van der Waals surface area contributed by atoms with Gasteiger partial charge < -0.3 is 4.90 Å². The number of imide groups is 1. The molecule has 6 heteroatoms. The van der Waals surface area contributed by atoms with Crippen LogP contribution in [0.5, 0.6) is 0 Å². The van der Waals surface area contributed by atoms with Gasteiger partial charge >= 0.3 is 0 Å². The van der Waals surface area contributed by atoms with Crippen LogP contribution < -0.4 is 10.2 Å². The van der Waals surface area contributed by atoms with Crippen LogP contribution in [0.4, 0.5) is 5.82 Å². The van der Waals surface area contributed by atoms with Gasteiger partial charge in [0.15, 0.2) is 5.78 Å². The fourth-order valence-electron chi connectivity index (χ4n) is 1.79. The first-order valence-electron chi connectivity index (χ1n) is 5.56. The number of carbonyl (C=O) groups excluding carboxylic acids is 3. The van der Waals surface area contributed by atoms with Gasteiger partial charge in [0.05, 0.1) is 6.54 Å². The van der Waals surface area contributed by atoms with E-state index in [0.29, 0.717) is 11.4 Å². The zero-order valence-electron chi connectivity index (χ0n) is 10.1. The quantitative estimate of drug-likeness (QED) is 0.594. The smallest absolute Gasteiger partial charge is 0.249 e. The van der Waals surface area contributed by atoms with E-state index >= 15 is 0 Å². The first-order valence-corrected chi connectivity index (χ1v) is 5.56. The van der Waals surface area contributed by atoms with Crippen molar-refractivity contribution >= 4 is 23.4 Å². The highest BCUT2D eigenvalue weighted by Gasteiger charge is 2.31. The van der Waals surface area contributed by atoms with Crippen molar-refractivity contribution in [1.82, 2.24) is 10.3 Å². The Morgan fingerprint density at radius 1 is 1.50 bits per heavy atom. The molecule has 2 heterocycles. The fraction of sp³-hybridized carbons (Fsp3) is 0.333. The van der Waals surface area contributed by atoms with Crippen LogP contribution in [-0.4, -0.2) is 35.2 Å². The monoisotopic (exact) mass is 247 g/mol. The van der Waals surface area contributed by atoms with Crippen molar-refractivity contribution in [2.24, 2.45) is 0 Å². The summed E-state index contributed by atoms with van der Waals surface area (Å²) in [4.78, 5) is 39.9. The van der Waals surface area contributed by atoms with E-state index in [2.05, 4.69) is 10.3 Å². The Kier molecular flexibility index (Phi) is 3.10. The van der Waals surface area contributed by atoms with Crippen molar-refractivity contribution in [3.63, 3.8) is 0 Å². The molecule has 1 aromatic rings. The second kappa shape index (κ2) is 4.56. The highest BCUT2D eigenvalue weighted by molar-refractivity contribution is 6.04. The zero-order chi connectivity index (χ0) is 13.3. The van der Waals surface area contributed by atoms with Gasteiger partial charge in [-0.25, -0.2) is 4.98 Å². The average Bonchev–Trinajstić information content (AvgIpc) is 2.34. The second-order valence-corrected chi connectivity index (χ2v) is 4.18. The van der Waals surface area contributed by atoms with Crippen molar-refractivity contribution in [3.05, 3.63) is 23.9 Å². The number of hydrogen-bond donors (Lipinski definition) is 1. The predicted octanol–water partition coefficient (Wildman–Crippen LogP) is 0.135. The Labute approximate surface area is 104 Å². The molecule has 0 saturated carbocycles. The number of amides is 2. The summed E-state index contributed by atoms with van der Waals surface area (Å²) in [5.41, 5.74) is 0.505. The summed E-state index contributed by atoms with van der Waals surface area (Å²) in [6.45, 7) is 3.20. The normalized spacial score (nSPS) is 19.7. The summed E-state index contributed by atoms with van der Waals surface area (Å²) in [7, 11) is 0. The standard InChI is InChI=1S/C12H13N3O3/c1-7-12(18)14-11(17)6-15(7)10-5-9(8(2)16)3-4-13-10/h3-5,7H,6H2,1-2H3,(H,14,17,18). The lowest BCUT2D eigenvalue weighted by Crippen LogP contribution is -2.57. The van der Waals surface area contributed by atoms with E-state index < -0.39 is 6.04 Å². The number of Topliss-reactive ketones (excluding diaryl/α,β-unsaturated/α-hetero) is 1. The van der Waals surface area contributed by atoms with Crippen LogP contribution in [0.3, 0.4) is 0 Å². The molecular formula is C12H13N3O3. The van der Waals surface area contributed by atoms with Gasteiger partial charge in [-0.1, -0.05) is 0 Å². The number of hydrogen-bond acceptors (Lipinski definition) is 5. The van der Waals surface area contributed by atoms with E-state index in [1.807, 2.05) is 0 Å². The Bertz CT molecular complexity index is 527. The minimum Gasteiger partial charge on any atom is -0.336 e. The molecule has 1 aromatic heterocycles. The maximum absolute atomic E-state index is 11.5. The molecule has 1 N–H and O–H groups in total. The van der Waals surface area contributed by atoms with Crippen molar-refractivity contribution in [2.45, 2.75) is 19.9 Å². The number of nitrogens with zero attached hydrogens (tertiary/aromatic N) is 2. The van der Waals surface area contributed by atoms with Crippen molar-refractivity contribution in [1.29, 1.82) is 0 Å². The van der Waals surface area contributed by atoms with Crippen molar-refractivity contribution < 1.29 is 14.4 Å². The summed E-state index contributed by atoms with van der Waals surface area (Å²) in [6, 6.07) is 2.70. The molecular weight excluding hydrogens is 234 g/mol. The van der Waals surface area contributed by atoms with Crippen LogP contribution >= 0.6 is 0 Å². The molecule has 0 bridgehead atoms. The number of aromatic nitrogens is 1. The maximum Gasteiger partial charge on any atom is 0.249 e. The molecule has 2 amide bonds. The molecule has 1 unspecified atom stereocenters. The number of rotatable bonds is 2. The van der Waals surface area contributed by atoms with E-state index in [9.17, 15) is 14.4 Å². The van der Waals surface area contributed by atoms with Crippen LogP contribution in [0.25, 0.3) is 0 Å². The molecule has 1 atom stereocenters. The molecule has 18 heavy (non-hydrogen) atoms. The lowest BCUT2D eigenvalue weighted by Gasteiger charge is -2.32. The van der Waals surface area contributed by atoms with Gasteiger partial charge in [-0.2, -0.15) is 0 Å². The lowest BCUT2D eigenvalue weighted by atomic mass is 10.1. The Morgan fingerprint density at radius 3 is 2.89 bits per heavy atom. The molecule has 1 fully saturated rings. The molecule has 1 aliphatic rings. The number of ketones is 1. The van der Waals surface area contributed by atoms with Crippen LogP contribution in [0, 0.1) is 0 Å². The summed E-state index contributed by atoms with van der Waals surface area (Å²) in [5, 5.41) is 2.25. The largest absolute Gasteiger partial charge is 0.336 e. The molecule has 0 aromatic carbocycles. The average molecular weight is 247 g/mol. The van der Waals surface area contributed by atoms with E-state index in [1.54, 1.807) is 24.0 Å². The molecule has 0 spiro atoms. The predicted molar refractivity (Wildman–Crippen MR) is 64.2 cm³/mol. The lowest BCUT2D eigenvalue weighted by molar-refractivity contribution is -0.132. The van der Waals surface area contributed by atoms with E-state index in [1.165, 1.54) is 13.1 Å². The van der Waals surface area contributed by atoms with Gasteiger partial charge in [0, 0.05) is 11.8 Å². The zero-order valence-corrected chi connectivity index (χ0v) is 10.1. The topological polar surface area (TPSA) is 79.4 Å². The third-order valence-electron chi connectivity index (χ3n) is 2.87. The van der Waals surface area contributed by atoms with Gasteiger partial charge in [0.25, 0.3) is 0 Å². The third kappa shape index (κ3) is 2.22. The minimum absolute atomic E-state index is 0.0568. The van der Waals surface area contributed by atoms with Crippen molar-refractivity contribution in [3.8, 4) is 0 Å². The fourth-order valence-corrected chi connectivity index (χ4v) is 1.79. The van der Waals surface area contributed by atoms with E-state index in [0.717, 1.165) is 0 Å². The van der Waals surface area contributed by atoms with Gasteiger partial charge in [-0.3, -0.25) is 19.7 Å². The summed E-state index contributed by atoms with van der Waals surface area (Å²) in [5.74, 6) is -0.355. The van der Waals surface area contributed by atoms with E-state index in [-0.39, 0.29) is 24.1 Å². The van der Waals surface area contributed by atoms with Gasteiger partial charge in [-0.05, 0) is 26.0 Å². The van der Waals surface area contributed by atoms with E-state index in [4.69, 9.17) is 0 Å². The molecule has 6 nitrogen and oxygen atoms in total. The molecule has 1 aliphatic heterocycles. The van der Waals surface area contributed by atoms with Crippen LogP contribution in [0.2, 0.25) is 0 Å². The summed E-state index contributed by atoms with van der Waals surface area (Å²) < 4.78 is 0. The Balaban J connectivity index is 2.35. The third-order valence-corrected chi connectivity index (χ3v) is 2.87. The molecule has 0 aliphatic carbocycles. The van der Waals surface area contributed by atoms with Crippen LogP contribution in [-0.2, 0) is 9.59 Å². The molecule has 1 saturated heterocycles. The van der Waals surface area contributed by atoms with Gasteiger partial charge in [0.1, 0.15) is 11.9 Å². The van der Waals surface area contributed by atoms with Crippen LogP contribution in [0.15, 0.2) is 18.3 Å². The van der Waals surface area contributed by atoms with Gasteiger partial charge in [0.2, 0.25) is 11.8 Å². The van der Waals surface area contributed by atoms with Crippen molar-refractivity contribution in [2.75, 3.05) is 11.4 Å². The number of carbonyl (C=O) groups is 3. The maximum atomic E-state index is 11.5. The summed E-state index contributed by atoms with van der Waals surface area (Å²) in [6.07, 6.45) is 1.50. The SMILES string of the molecule is CC(=O)c1ccnc(N2CC(=O)NC(=O)C2C)c1. The molecule has 94 valence electrons. The minimum atomic E-state index is -0.489. The number of nitrogens with one attached hydrogen (secondary N) is 1. The number of anilines is 1.